The number of fused-ring (bicyclic) bond motifs is 1. The second-order valence-electron chi connectivity index (χ2n) is 14.5. The first kappa shape index (κ1) is 35.9. The van der Waals surface area contributed by atoms with Crippen LogP contribution in [0.5, 0.6) is 0 Å². The lowest BCUT2D eigenvalue weighted by Crippen LogP contribution is -2.48. The zero-order valence-electron chi connectivity index (χ0n) is 30.2. The topological polar surface area (TPSA) is 67.7 Å². The molecule has 7 rings (SSSR count). The lowest BCUT2D eigenvalue weighted by atomic mass is 9.77. The standard InChI is InChI=1S/C45H43BrN4O3/c1-44(2,3)53-43(52)49-29-34-27-38(46)24-25-41(34)50(31-40(49)26-33-16-8-4-9-17-33)42(51)28-39-30-48(32-47-39)45(35-18-10-5-11-19-35,36-20-12-6-13-21-36)37-22-14-7-15-23-37/h4-25,27,30,32,40H,26,28-29,31H2,1-3H3/t40-/m1/s1. The Bertz CT molecular complexity index is 2070. The second kappa shape index (κ2) is 15.2. The Kier molecular flexibility index (Phi) is 10.3. The lowest BCUT2D eigenvalue weighted by molar-refractivity contribution is -0.118. The molecule has 1 aliphatic rings. The number of ether oxygens (including phenoxy) is 1. The number of carbonyl (C=O) groups excluding carboxylic acids is 2. The van der Waals surface area contributed by atoms with Crippen LogP contribution in [0, 0.1) is 0 Å². The van der Waals surface area contributed by atoms with Crippen LogP contribution >= 0.6 is 15.9 Å². The molecule has 0 fully saturated rings. The number of carbonyl (C=O) groups is 2. The van der Waals surface area contributed by atoms with E-state index in [0.717, 1.165) is 38.0 Å². The minimum Gasteiger partial charge on any atom is -0.444 e. The SMILES string of the molecule is CC(C)(C)OC(=O)N1Cc2cc(Br)ccc2N(C(=O)Cc2cn(C(c3ccccc3)(c3ccccc3)c3ccccc3)cn2)C[C@H]1Cc1ccccc1. The Morgan fingerprint density at radius 3 is 1.87 bits per heavy atom. The fourth-order valence-electron chi connectivity index (χ4n) is 7.37. The third kappa shape index (κ3) is 7.69. The number of anilines is 1. The van der Waals surface area contributed by atoms with Crippen molar-refractivity contribution in [3.63, 3.8) is 0 Å². The molecule has 268 valence electrons. The highest BCUT2D eigenvalue weighted by Crippen LogP contribution is 2.41. The van der Waals surface area contributed by atoms with Gasteiger partial charge in [0.15, 0.2) is 0 Å². The van der Waals surface area contributed by atoms with E-state index in [0.29, 0.717) is 25.2 Å². The van der Waals surface area contributed by atoms with Crippen molar-refractivity contribution in [2.75, 3.05) is 11.4 Å². The van der Waals surface area contributed by atoms with Crippen molar-refractivity contribution in [2.45, 2.75) is 57.3 Å². The van der Waals surface area contributed by atoms with E-state index in [-0.39, 0.29) is 18.4 Å². The molecule has 6 aromatic rings. The fraction of sp³-hybridized carbons (Fsp3) is 0.222. The summed E-state index contributed by atoms with van der Waals surface area (Å²) in [7, 11) is 0. The van der Waals surface area contributed by atoms with Crippen molar-refractivity contribution in [1.82, 2.24) is 14.5 Å². The molecule has 0 aliphatic carbocycles. The fourth-order valence-corrected chi connectivity index (χ4v) is 7.78. The zero-order chi connectivity index (χ0) is 37.0. The van der Waals surface area contributed by atoms with Gasteiger partial charge in [0.2, 0.25) is 5.91 Å². The number of halogens is 1. The first-order valence-electron chi connectivity index (χ1n) is 17.9. The van der Waals surface area contributed by atoms with E-state index < -0.39 is 17.2 Å². The Morgan fingerprint density at radius 1 is 0.774 bits per heavy atom. The molecule has 0 unspecified atom stereocenters. The molecule has 8 heteroatoms. The Hall–Kier alpha value is -5.47. The van der Waals surface area contributed by atoms with Crippen molar-refractivity contribution < 1.29 is 14.3 Å². The van der Waals surface area contributed by atoms with Gasteiger partial charge in [0.25, 0.3) is 0 Å². The van der Waals surface area contributed by atoms with Crippen LogP contribution in [0.25, 0.3) is 0 Å². The van der Waals surface area contributed by atoms with Crippen LogP contribution in [0.15, 0.2) is 157 Å². The van der Waals surface area contributed by atoms with Crippen molar-refractivity contribution >= 4 is 33.6 Å². The maximum absolute atomic E-state index is 14.7. The van der Waals surface area contributed by atoms with Gasteiger partial charge in [-0.15, -0.1) is 0 Å². The summed E-state index contributed by atoms with van der Waals surface area (Å²) in [6, 6.07) is 46.8. The van der Waals surface area contributed by atoms with Gasteiger partial charge in [0, 0.05) is 22.9 Å². The van der Waals surface area contributed by atoms with E-state index in [1.807, 2.05) is 92.8 Å². The van der Waals surface area contributed by atoms with Gasteiger partial charge >= 0.3 is 6.09 Å². The third-order valence-corrected chi connectivity index (χ3v) is 10.2. The molecule has 1 aromatic heterocycles. The Morgan fingerprint density at radius 2 is 1.32 bits per heavy atom. The number of rotatable bonds is 8. The van der Waals surface area contributed by atoms with Crippen LogP contribution in [0.4, 0.5) is 10.5 Å². The maximum Gasteiger partial charge on any atom is 0.410 e. The van der Waals surface area contributed by atoms with Crippen LogP contribution < -0.4 is 4.90 Å². The molecule has 1 aliphatic heterocycles. The van der Waals surface area contributed by atoms with Crippen molar-refractivity contribution in [3.05, 3.63) is 190 Å². The highest BCUT2D eigenvalue weighted by Gasteiger charge is 2.39. The van der Waals surface area contributed by atoms with Crippen LogP contribution in [0.1, 0.15) is 54.3 Å². The summed E-state index contributed by atoms with van der Waals surface area (Å²) in [5.41, 5.74) is 5.15. The number of amides is 2. The van der Waals surface area contributed by atoms with E-state index in [1.54, 1.807) is 4.90 Å². The van der Waals surface area contributed by atoms with Gasteiger partial charge in [0.05, 0.1) is 31.0 Å². The van der Waals surface area contributed by atoms with Gasteiger partial charge in [-0.1, -0.05) is 137 Å². The van der Waals surface area contributed by atoms with Crippen molar-refractivity contribution in [1.29, 1.82) is 0 Å². The van der Waals surface area contributed by atoms with E-state index in [2.05, 4.69) is 105 Å². The zero-order valence-corrected chi connectivity index (χ0v) is 31.8. The molecule has 1 atom stereocenters. The number of aromatic nitrogens is 2. The smallest absolute Gasteiger partial charge is 0.410 e. The summed E-state index contributed by atoms with van der Waals surface area (Å²) in [5, 5.41) is 0. The molecule has 2 heterocycles. The number of hydrogen-bond donors (Lipinski definition) is 0. The molecule has 0 saturated carbocycles. The van der Waals surface area contributed by atoms with Gasteiger partial charge in [-0.05, 0) is 73.2 Å². The molecule has 0 N–H and O–H groups in total. The van der Waals surface area contributed by atoms with Gasteiger partial charge in [-0.3, -0.25) is 9.69 Å². The second-order valence-corrected chi connectivity index (χ2v) is 15.4. The summed E-state index contributed by atoms with van der Waals surface area (Å²) >= 11 is 3.63. The van der Waals surface area contributed by atoms with Crippen LogP contribution in [0.3, 0.4) is 0 Å². The molecule has 0 radical (unpaired) electrons. The van der Waals surface area contributed by atoms with E-state index in [9.17, 15) is 9.59 Å². The predicted molar refractivity (Wildman–Crippen MR) is 213 cm³/mol. The molecular weight excluding hydrogens is 724 g/mol. The monoisotopic (exact) mass is 766 g/mol. The highest BCUT2D eigenvalue weighted by molar-refractivity contribution is 9.10. The highest BCUT2D eigenvalue weighted by atomic mass is 79.9. The normalized spacial score (nSPS) is 14.7. The minimum absolute atomic E-state index is 0.0709. The van der Waals surface area contributed by atoms with Gasteiger partial charge < -0.3 is 14.2 Å². The van der Waals surface area contributed by atoms with Crippen molar-refractivity contribution in [3.8, 4) is 0 Å². The first-order valence-corrected chi connectivity index (χ1v) is 18.7. The number of imidazole rings is 1. The van der Waals surface area contributed by atoms with Gasteiger partial charge in [-0.25, -0.2) is 9.78 Å². The molecule has 5 aromatic carbocycles. The quantitative estimate of drug-likeness (QED) is 0.145. The van der Waals surface area contributed by atoms with Gasteiger partial charge in [-0.2, -0.15) is 0 Å². The average molecular weight is 768 g/mol. The summed E-state index contributed by atoms with van der Waals surface area (Å²) < 4.78 is 8.94. The summed E-state index contributed by atoms with van der Waals surface area (Å²) in [5.74, 6) is -0.104. The first-order chi connectivity index (χ1) is 25.6. The molecule has 0 saturated heterocycles. The largest absolute Gasteiger partial charge is 0.444 e. The predicted octanol–water partition coefficient (Wildman–Crippen LogP) is 9.42. The van der Waals surface area contributed by atoms with E-state index in [4.69, 9.17) is 9.72 Å². The molecule has 0 bridgehead atoms. The maximum atomic E-state index is 14.7. The average Bonchev–Trinajstić information content (AvgIpc) is 3.55. The molecule has 2 amide bonds. The molecule has 0 spiro atoms. The van der Waals surface area contributed by atoms with Crippen molar-refractivity contribution in [2.24, 2.45) is 0 Å². The molecular formula is C45H43BrN4O3. The minimum atomic E-state index is -0.742. The molecule has 7 nitrogen and oxygen atoms in total. The molecule has 53 heavy (non-hydrogen) atoms. The van der Waals surface area contributed by atoms with E-state index >= 15 is 0 Å². The number of hydrogen-bond acceptors (Lipinski definition) is 4. The Balaban J connectivity index is 1.28. The van der Waals surface area contributed by atoms with Crippen LogP contribution in [-0.4, -0.2) is 44.6 Å². The summed E-state index contributed by atoms with van der Waals surface area (Å²) in [6.07, 6.45) is 4.06. The number of benzene rings is 5. The Labute approximate surface area is 320 Å². The number of nitrogens with zero attached hydrogens (tertiary/aromatic N) is 4. The third-order valence-electron chi connectivity index (χ3n) is 9.68. The lowest BCUT2D eigenvalue weighted by Gasteiger charge is -2.37. The summed E-state index contributed by atoms with van der Waals surface area (Å²) in [6.45, 7) is 6.21. The van der Waals surface area contributed by atoms with E-state index in [1.165, 1.54) is 0 Å². The summed E-state index contributed by atoms with van der Waals surface area (Å²) in [4.78, 5) is 37.0. The van der Waals surface area contributed by atoms with Crippen LogP contribution in [-0.2, 0) is 34.5 Å². The van der Waals surface area contributed by atoms with Gasteiger partial charge in [0.1, 0.15) is 11.1 Å². The van der Waals surface area contributed by atoms with Crippen LogP contribution in [0.2, 0.25) is 0 Å².